The highest BCUT2D eigenvalue weighted by molar-refractivity contribution is 5.51. The fourth-order valence-corrected chi connectivity index (χ4v) is 1.08. The second kappa shape index (κ2) is 4.09. The van der Waals surface area contributed by atoms with Gasteiger partial charge in [0.25, 0.3) is 0 Å². The molecule has 1 atom stereocenters. The van der Waals surface area contributed by atoms with Gasteiger partial charge in [-0.3, -0.25) is 0 Å². The highest BCUT2D eigenvalue weighted by Crippen LogP contribution is 2.22. The van der Waals surface area contributed by atoms with Crippen LogP contribution in [0.15, 0.2) is 12.3 Å². The fraction of sp³-hybridized carbons (Fsp3) is 0.583. The lowest BCUT2D eigenvalue weighted by Crippen LogP contribution is -2.31. The third kappa shape index (κ3) is 3.11. The Morgan fingerprint density at radius 3 is 2.47 bits per heavy atom. The number of nitrogens with zero attached hydrogens (tertiary/aromatic N) is 1. The van der Waals surface area contributed by atoms with Crippen LogP contribution in [-0.4, -0.2) is 11.0 Å². The zero-order valence-electron chi connectivity index (χ0n) is 10.3. The zero-order valence-corrected chi connectivity index (χ0v) is 10.3. The quantitative estimate of drug-likeness (QED) is 0.784. The van der Waals surface area contributed by atoms with Gasteiger partial charge in [0.15, 0.2) is 0 Å². The van der Waals surface area contributed by atoms with Crippen LogP contribution < -0.4 is 11.1 Å². The Morgan fingerprint density at radius 2 is 2.00 bits per heavy atom. The van der Waals surface area contributed by atoms with Gasteiger partial charge in [-0.25, -0.2) is 4.98 Å². The maximum absolute atomic E-state index is 5.72. The number of nitrogens with two attached hydrogens (primary N) is 1. The molecule has 1 aromatic heterocycles. The molecule has 0 aliphatic carbocycles. The number of nitrogens with one attached hydrogen (secondary N) is 1. The Balaban J connectivity index is 2.78. The summed E-state index contributed by atoms with van der Waals surface area (Å²) in [4.78, 5) is 4.26. The highest BCUT2D eigenvalue weighted by atomic mass is 15.0. The maximum Gasteiger partial charge on any atom is 0.126 e. The van der Waals surface area contributed by atoms with Gasteiger partial charge in [0.1, 0.15) is 5.82 Å². The molecule has 15 heavy (non-hydrogen) atoms. The predicted octanol–water partition coefficient (Wildman–Crippen LogP) is 2.82. The van der Waals surface area contributed by atoms with Gasteiger partial charge in [-0.05, 0) is 30.9 Å². The van der Waals surface area contributed by atoms with Crippen molar-refractivity contribution in [2.45, 2.75) is 40.7 Å². The van der Waals surface area contributed by atoms with Crippen molar-refractivity contribution in [3.8, 4) is 0 Å². The monoisotopic (exact) mass is 207 g/mol. The van der Waals surface area contributed by atoms with Crippen molar-refractivity contribution >= 4 is 11.5 Å². The van der Waals surface area contributed by atoms with Crippen LogP contribution in [0.25, 0.3) is 0 Å². The summed E-state index contributed by atoms with van der Waals surface area (Å²) in [6, 6.07) is 2.35. The Kier molecular flexibility index (Phi) is 3.22. The summed E-state index contributed by atoms with van der Waals surface area (Å²) in [5.41, 5.74) is 7.74. The number of hydrogen-bond acceptors (Lipinski definition) is 3. The molecule has 1 aromatic rings. The molecular formula is C12H21N3. The first-order valence-corrected chi connectivity index (χ1v) is 5.29. The summed E-state index contributed by atoms with van der Waals surface area (Å²) in [6.07, 6.45) is 1.70. The van der Waals surface area contributed by atoms with Crippen LogP contribution in [0.4, 0.5) is 11.5 Å². The molecule has 3 heteroatoms. The van der Waals surface area contributed by atoms with Gasteiger partial charge < -0.3 is 11.1 Å². The lowest BCUT2D eigenvalue weighted by Gasteiger charge is -2.28. The van der Waals surface area contributed by atoms with E-state index in [9.17, 15) is 0 Å². The predicted molar refractivity (Wildman–Crippen MR) is 65.9 cm³/mol. The van der Waals surface area contributed by atoms with Gasteiger partial charge >= 0.3 is 0 Å². The molecule has 84 valence electrons. The summed E-state index contributed by atoms with van der Waals surface area (Å²) in [7, 11) is 0. The molecule has 0 radical (unpaired) electrons. The van der Waals surface area contributed by atoms with Crippen LogP contribution in [-0.2, 0) is 0 Å². The normalized spacial score (nSPS) is 13.7. The summed E-state index contributed by atoms with van der Waals surface area (Å²) in [5, 5.41) is 3.38. The topological polar surface area (TPSA) is 50.9 Å². The van der Waals surface area contributed by atoms with E-state index in [-0.39, 0.29) is 5.41 Å². The number of anilines is 2. The number of nitrogen functional groups attached to an aromatic ring is 1. The second-order valence-electron chi connectivity index (χ2n) is 5.16. The van der Waals surface area contributed by atoms with Crippen LogP contribution in [0.1, 0.15) is 33.3 Å². The minimum absolute atomic E-state index is 0.219. The van der Waals surface area contributed by atoms with Crippen molar-refractivity contribution in [3.05, 3.63) is 17.8 Å². The summed E-state index contributed by atoms with van der Waals surface area (Å²) in [5.74, 6) is 0.893. The van der Waals surface area contributed by atoms with Crippen molar-refractivity contribution in [2.24, 2.45) is 5.41 Å². The van der Waals surface area contributed by atoms with Crippen molar-refractivity contribution < 1.29 is 0 Å². The molecule has 3 nitrogen and oxygen atoms in total. The largest absolute Gasteiger partial charge is 0.397 e. The summed E-state index contributed by atoms with van der Waals surface area (Å²) >= 11 is 0. The van der Waals surface area contributed by atoms with Crippen LogP contribution in [0.5, 0.6) is 0 Å². The summed E-state index contributed by atoms with van der Waals surface area (Å²) in [6.45, 7) is 10.8. The molecule has 1 heterocycles. The number of aromatic nitrogens is 1. The SMILES string of the molecule is Cc1cc(NC(C)C(C)(C)C)ncc1N. The molecule has 0 amide bonds. The molecule has 3 N–H and O–H groups in total. The maximum atomic E-state index is 5.72. The van der Waals surface area contributed by atoms with Crippen molar-refractivity contribution in [3.63, 3.8) is 0 Å². The smallest absolute Gasteiger partial charge is 0.126 e. The van der Waals surface area contributed by atoms with Gasteiger partial charge in [-0.15, -0.1) is 0 Å². The third-order valence-corrected chi connectivity index (χ3v) is 2.81. The first-order valence-electron chi connectivity index (χ1n) is 5.29. The molecule has 0 saturated carbocycles. The molecule has 0 aromatic carbocycles. The standard InChI is InChI=1S/C12H21N3/c1-8-6-11(14-7-10(8)13)15-9(2)12(3,4)5/h6-7,9H,13H2,1-5H3,(H,14,15). The van der Waals surface area contributed by atoms with E-state index in [0.717, 1.165) is 17.1 Å². The van der Waals surface area contributed by atoms with Gasteiger partial charge in [-0.2, -0.15) is 0 Å². The molecule has 0 spiro atoms. The van der Waals surface area contributed by atoms with Gasteiger partial charge in [0.2, 0.25) is 0 Å². The van der Waals surface area contributed by atoms with Crippen molar-refractivity contribution in [1.29, 1.82) is 0 Å². The summed E-state index contributed by atoms with van der Waals surface area (Å²) < 4.78 is 0. The minimum atomic E-state index is 0.219. The number of aryl methyl sites for hydroxylation is 1. The Morgan fingerprint density at radius 1 is 1.40 bits per heavy atom. The first kappa shape index (κ1) is 11.8. The van der Waals surface area contributed by atoms with E-state index >= 15 is 0 Å². The molecule has 0 bridgehead atoms. The average molecular weight is 207 g/mol. The Bertz CT molecular complexity index is 339. The lowest BCUT2D eigenvalue weighted by atomic mass is 9.88. The van der Waals surface area contributed by atoms with Crippen LogP contribution in [0.3, 0.4) is 0 Å². The van der Waals surface area contributed by atoms with E-state index in [1.165, 1.54) is 0 Å². The van der Waals surface area contributed by atoms with Crippen LogP contribution in [0, 0.1) is 12.3 Å². The molecule has 0 aliphatic heterocycles. The van der Waals surface area contributed by atoms with Crippen molar-refractivity contribution in [2.75, 3.05) is 11.1 Å². The number of pyridine rings is 1. The third-order valence-electron chi connectivity index (χ3n) is 2.81. The Hall–Kier alpha value is -1.25. The van der Waals surface area contributed by atoms with E-state index in [1.54, 1.807) is 6.20 Å². The molecule has 0 saturated heterocycles. The first-order chi connectivity index (χ1) is 6.80. The minimum Gasteiger partial charge on any atom is -0.397 e. The molecular weight excluding hydrogens is 186 g/mol. The van der Waals surface area contributed by atoms with E-state index in [1.807, 2.05) is 13.0 Å². The highest BCUT2D eigenvalue weighted by Gasteiger charge is 2.19. The van der Waals surface area contributed by atoms with Gasteiger partial charge in [0, 0.05) is 6.04 Å². The van der Waals surface area contributed by atoms with Gasteiger partial charge in [-0.1, -0.05) is 20.8 Å². The Labute approximate surface area is 92.1 Å². The fourth-order valence-electron chi connectivity index (χ4n) is 1.08. The number of rotatable bonds is 2. The molecule has 0 aliphatic rings. The molecule has 1 rings (SSSR count). The van der Waals surface area contributed by atoms with Crippen LogP contribution >= 0.6 is 0 Å². The van der Waals surface area contributed by atoms with E-state index < -0.39 is 0 Å². The van der Waals surface area contributed by atoms with Crippen LogP contribution in [0.2, 0.25) is 0 Å². The second-order valence-corrected chi connectivity index (χ2v) is 5.16. The van der Waals surface area contributed by atoms with E-state index in [2.05, 4.69) is 38.0 Å². The van der Waals surface area contributed by atoms with E-state index in [4.69, 9.17) is 5.73 Å². The van der Waals surface area contributed by atoms with Crippen molar-refractivity contribution in [1.82, 2.24) is 4.98 Å². The lowest BCUT2D eigenvalue weighted by molar-refractivity contribution is 0.359. The molecule has 0 fully saturated rings. The van der Waals surface area contributed by atoms with E-state index in [0.29, 0.717) is 6.04 Å². The zero-order chi connectivity index (χ0) is 11.6. The number of hydrogen-bond donors (Lipinski definition) is 2. The van der Waals surface area contributed by atoms with Gasteiger partial charge in [0.05, 0.1) is 11.9 Å². The molecule has 1 unspecified atom stereocenters. The average Bonchev–Trinajstić information content (AvgIpc) is 2.10.